The van der Waals surface area contributed by atoms with E-state index in [0.717, 1.165) is 58.2 Å². The van der Waals surface area contributed by atoms with Gasteiger partial charge in [0, 0.05) is 26.8 Å². The van der Waals surface area contributed by atoms with Crippen molar-refractivity contribution in [1.29, 1.82) is 0 Å². The van der Waals surface area contributed by atoms with Crippen LogP contribution < -0.4 is 15.6 Å². The van der Waals surface area contributed by atoms with Crippen molar-refractivity contribution >= 4 is 11.7 Å². The predicted octanol–water partition coefficient (Wildman–Crippen LogP) is 5.05. The molecule has 4 heterocycles. The number of anilines is 1. The number of hydrogen-bond donors (Lipinski definition) is 2. The number of piperidine rings is 1. The van der Waals surface area contributed by atoms with Crippen molar-refractivity contribution in [2.24, 2.45) is 11.8 Å². The Kier molecular flexibility index (Phi) is 11.0. The molecule has 4 unspecified atom stereocenters. The molecule has 0 radical (unpaired) electrons. The zero-order valence-electron chi connectivity index (χ0n) is 25.3. The van der Waals surface area contributed by atoms with Crippen LogP contribution in [0, 0.1) is 18.8 Å². The van der Waals surface area contributed by atoms with E-state index in [-0.39, 0.29) is 30.0 Å². The van der Waals surface area contributed by atoms with E-state index < -0.39 is 0 Å². The number of likely N-dealkylation sites (tertiary alicyclic amines) is 1. The lowest BCUT2D eigenvalue weighted by atomic mass is 9.86. The van der Waals surface area contributed by atoms with Crippen LogP contribution in [0.15, 0.2) is 30.6 Å². The zero-order valence-corrected chi connectivity index (χ0v) is 25.3. The maximum Gasteiger partial charge on any atom is 0.276 e. The molecule has 5 rings (SSSR count). The summed E-state index contributed by atoms with van der Waals surface area (Å²) in [7, 11) is 3.33. The highest BCUT2D eigenvalue weighted by atomic mass is 16.5. The number of aryl methyl sites for hydroxylation is 1. The van der Waals surface area contributed by atoms with Crippen molar-refractivity contribution in [3.8, 4) is 5.75 Å². The number of ether oxygens (including phenoxy) is 4. The van der Waals surface area contributed by atoms with Crippen molar-refractivity contribution in [1.82, 2.24) is 20.3 Å². The predicted molar refractivity (Wildman–Crippen MR) is 160 cm³/mol. The van der Waals surface area contributed by atoms with Crippen LogP contribution >= 0.6 is 0 Å². The van der Waals surface area contributed by atoms with Gasteiger partial charge in [0.1, 0.15) is 12.6 Å². The number of hydrogen-bond acceptors (Lipinski definition) is 9. The van der Waals surface area contributed by atoms with Crippen molar-refractivity contribution < 1.29 is 23.7 Å². The van der Waals surface area contributed by atoms with Gasteiger partial charge in [-0.15, -0.1) is 0 Å². The number of amides is 1. The standard InChI is InChI=1S/C32H47N5O5/c1-22-10-12-25(13-11-22)26-8-5-9-28(42-26)35-36-31-30(40-3)29(33-21-34-31)32(38)37-17-14-23(15-18-37)6-4-7-24-16-19-41-20-27(24)39-2/h10-13,21,23-24,26-28,35H,4-9,14-20H2,1-3H3,(H,33,34,36). The topological polar surface area (TPSA) is 107 Å². The van der Waals surface area contributed by atoms with Crippen LogP contribution in [0.4, 0.5) is 5.82 Å². The molecule has 1 amide bonds. The number of nitrogens with zero attached hydrogens (tertiary/aromatic N) is 3. The van der Waals surface area contributed by atoms with Gasteiger partial charge in [-0.2, -0.15) is 0 Å². The third-order valence-electron chi connectivity index (χ3n) is 9.11. The van der Waals surface area contributed by atoms with E-state index in [1.165, 1.54) is 36.7 Å². The molecule has 3 aliphatic rings. The molecule has 230 valence electrons. The molecule has 42 heavy (non-hydrogen) atoms. The molecule has 1 aromatic carbocycles. The van der Waals surface area contributed by atoms with Crippen LogP contribution in [0.25, 0.3) is 0 Å². The van der Waals surface area contributed by atoms with E-state index in [4.69, 9.17) is 18.9 Å². The highest BCUT2D eigenvalue weighted by Gasteiger charge is 2.30. The maximum absolute atomic E-state index is 13.5. The first-order valence-electron chi connectivity index (χ1n) is 15.6. The van der Waals surface area contributed by atoms with Crippen LogP contribution in [0.1, 0.15) is 85.5 Å². The van der Waals surface area contributed by atoms with Gasteiger partial charge < -0.3 is 29.3 Å². The molecule has 10 heteroatoms. The van der Waals surface area contributed by atoms with E-state index in [0.29, 0.717) is 30.0 Å². The summed E-state index contributed by atoms with van der Waals surface area (Å²) in [6.07, 6.45) is 11.0. The summed E-state index contributed by atoms with van der Waals surface area (Å²) in [6.45, 7) is 5.10. The molecule has 2 aromatic rings. The van der Waals surface area contributed by atoms with Crippen LogP contribution in [-0.4, -0.2) is 73.6 Å². The Bertz CT molecular complexity index is 1140. The van der Waals surface area contributed by atoms with Crippen molar-refractivity contribution in [2.45, 2.75) is 83.1 Å². The molecule has 10 nitrogen and oxygen atoms in total. The monoisotopic (exact) mass is 581 g/mol. The fraction of sp³-hybridized carbons (Fsp3) is 0.656. The summed E-state index contributed by atoms with van der Waals surface area (Å²) in [5.41, 5.74) is 9.08. The molecule has 0 aliphatic carbocycles. The van der Waals surface area contributed by atoms with Crippen LogP contribution in [-0.2, 0) is 14.2 Å². The Hall–Kier alpha value is -2.79. The van der Waals surface area contributed by atoms with Crippen molar-refractivity contribution in [3.05, 3.63) is 47.4 Å². The van der Waals surface area contributed by atoms with Crippen molar-refractivity contribution in [3.63, 3.8) is 0 Å². The smallest absolute Gasteiger partial charge is 0.276 e. The molecule has 0 spiro atoms. The van der Waals surface area contributed by atoms with Gasteiger partial charge in [-0.3, -0.25) is 4.79 Å². The van der Waals surface area contributed by atoms with Gasteiger partial charge in [-0.25, -0.2) is 15.4 Å². The Morgan fingerprint density at radius 2 is 1.86 bits per heavy atom. The van der Waals surface area contributed by atoms with E-state index >= 15 is 0 Å². The normalized spacial score (nSPS) is 25.3. The zero-order chi connectivity index (χ0) is 29.3. The van der Waals surface area contributed by atoms with Gasteiger partial charge in [0.2, 0.25) is 0 Å². The van der Waals surface area contributed by atoms with E-state index in [2.05, 4.69) is 52.0 Å². The van der Waals surface area contributed by atoms with Crippen molar-refractivity contribution in [2.75, 3.05) is 45.9 Å². The number of carbonyl (C=O) groups excluding carboxylic acids is 1. The first-order valence-corrected chi connectivity index (χ1v) is 15.6. The SMILES string of the molecule is COc1c(NNC2CCCC(c3ccc(C)cc3)O2)ncnc1C(=O)N1CCC(CCCC2CCOCC2OC)CC1. The number of nitrogens with one attached hydrogen (secondary N) is 2. The number of aromatic nitrogens is 2. The average Bonchev–Trinajstić information content (AvgIpc) is 3.04. The molecule has 2 N–H and O–H groups in total. The second-order valence-electron chi connectivity index (χ2n) is 11.9. The first kappa shape index (κ1) is 30.7. The second-order valence-corrected chi connectivity index (χ2v) is 11.9. The third kappa shape index (κ3) is 7.78. The lowest BCUT2D eigenvalue weighted by Gasteiger charge is -2.33. The minimum Gasteiger partial charge on any atom is -0.491 e. The summed E-state index contributed by atoms with van der Waals surface area (Å²) in [4.78, 5) is 24.1. The lowest BCUT2D eigenvalue weighted by Crippen LogP contribution is -2.40. The van der Waals surface area contributed by atoms with Gasteiger partial charge in [0.05, 0.1) is 25.9 Å². The summed E-state index contributed by atoms with van der Waals surface area (Å²) >= 11 is 0. The van der Waals surface area contributed by atoms with E-state index in [9.17, 15) is 4.79 Å². The fourth-order valence-corrected chi connectivity index (χ4v) is 6.50. The summed E-state index contributed by atoms with van der Waals surface area (Å²) in [6, 6.07) is 8.50. The summed E-state index contributed by atoms with van der Waals surface area (Å²) in [5.74, 6) is 1.88. The molecule has 4 atom stereocenters. The Labute approximate surface area is 249 Å². The van der Waals surface area contributed by atoms with Crippen LogP contribution in [0.3, 0.4) is 0 Å². The number of carbonyl (C=O) groups is 1. The first-order chi connectivity index (χ1) is 20.6. The number of hydrazine groups is 1. The number of rotatable bonds is 11. The van der Waals surface area contributed by atoms with Crippen LogP contribution in [0.2, 0.25) is 0 Å². The maximum atomic E-state index is 13.5. The van der Waals surface area contributed by atoms with E-state index in [1.807, 2.05) is 4.90 Å². The van der Waals surface area contributed by atoms with Gasteiger partial charge >= 0.3 is 0 Å². The minimum atomic E-state index is -0.199. The molecule has 1 aromatic heterocycles. The average molecular weight is 582 g/mol. The fourth-order valence-electron chi connectivity index (χ4n) is 6.50. The largest absolute Gasteiger partial charge is 0.491 e. The summed E-state index contributed by atoms with van der Waals surface area (Å²) < 4.78 is 23.1. The molecular formula is C32H47N5O5. The number of methoxy groups -OCH3 is 2. The number of benzene rings is 1. The Balaban J connectivity index is 1.11. The molecule has 0 bridgehead atoms. The molecule has 0 saturated carbocycles. The highest BCUT2D eigenvalue weighted by molar-refractivity contribution is 5.96. The van der Waals surface area contributed by atoms with Gasteiger partial charge in [0.15, 0.2) is 17.3 Å². The Morgan fingerprint density at radius 1 is 1.05 bits per heavy atom. The summed E-state index contributed by atoms with van der Waals surface area (Å²) in [5, 5.41) is 0. The van der Waals surface area contributed by atoms with Gasteiger partial charge in [-0.1, -0.05) is 42.7 Å². The minimum absolute atomic E-state index is 0.0372. The molecular weight excluding hydrogens is 534 g/mol. The highest BCUT2D eigenvalue weighted by Crippen LogP contribution is 2.32. The lowest BCUT2D eigenvalue weighted by molar-refractivity contribution is -0.0680. The second kappa shape index (κ2) is 15.1. The molecule has 3 saturated heterocycles. The molecule has 3 aliphatic heterocycles. The van der Waals surface area contributed by atoms with Gasteiger partial charge in [-0.05, 0) is 69.3 Å². The Morgan fingerprint density at radius 3 is 2.62 bits per heavy atom. The van der Waals surface area contributed by atoms with Crippen LogP contribution in [0.5, 0.6) is 5.75 Å². The van der Waals surface area contributed by atoms with E-state index in [1.54, 1.807) is 14.2 Å². The molecule has 3 fully saturated rings. The van der Waals surface area contributed by atoms with Gasteiger partial charge in [0.25, 0.3) is 5.91 Å². The third-order valence-corrected chi connectivity index (χ3v) is 9.11. The quantitative estimate of drug-likeness (QED) is 0.353.